The molecule has 1 saturated heterocycles. The van der Waals surface area contributed by atoms with Crippen molar-refractivity contribution in [2.45, 2.75) is 18.9 Å². The predicted molar refractivity (Wildman–Crippen MR) is 80.5 cm³/mol. The molecule has 1 aromatic heterocycles. The lowest BCUT2D eigenvalue weighted by atomic mass is 10.1. The lowest BCUT2D eigenvalue weighted by Gasteiger charge is -2.12. The van der Waals surface area contributed by atoms with Gasteiger partial charge in [-0.2, -0.15) is 0 Å². The van der Waals surface area contributed by atoms with Crippen LogP contribution >= 0.6 is 0 Å². The molecule has 21 heavy (non-hydrogen) atoms. The first-order valence-corrected chi connectivity index (χ1v) is 7.15. The topological polar surface area (TPSA) is 60.3 Å². The Kier molecular flexibility index (Phi) is 3.75. The number of hydrogen-bond acceptors (Lipinski definition) is 3. The largest absolute Gasteiger partial charge is 0.376 e. The minimum atomic E-state index is -0.336. The van der Waals surface area contributed by atoms with Crippen molar-refractivity contribution in [1.29, 1.82) is 0 Å². The minimum absolute atomic E-state index is 0.0678. The van der Waals surface area contributed by atoms with Gasteiger partial charge in [-0.3, -0.25) is 9.59 Å². The molecule has 2 heterocycles. The number of amides is 1. The number of nitrogens with one attached hydrogen (secondary N) is 1. The summed E-state index contributed by atoms with van der Waals surface area (Å²) in [6.07, 6.45) is 3.64. The van der Waals surface area contributed by atoms with Crippen molar-refractivity contribution >= 4 is 16.8 Å². The molecule has 0 unspecified atom stereocenters. The van der Waals surface area contributed by atoms with E-state index in [1.54, 1.807) is 22.9 Å². The maximum atomic E-state index is 12.4. The Bertz CT molecular complexity index is 730. The first-order valence-electron chi connectivity index (χ1n) is 7.15. The number of fused-ring (bicyclic) bond motifs is 1. The number of pyridine rings is 1. The number of para-hydroxylation sites is 1. The number of benzene rings is 1. The SMILES string of the molecule is Cn1cc(C(=O)NC[C@H]2CCCO2)c(=O)c2ccccc21. The number of hydrogen-bond donors (Lipinski definition) is 1. The second-order valence-corrected chi connectivity index (χ2v) is 5.35. The van der Waals surface area contributed by atoms with E-state index in [0.717, 1.165) is 25.0 Å². The average Bonchev–Trinajstić information content (AvgIpc) is 3.02. The number of ether oxygens (including phenoxy) is 1. The van der Waals surface area contributed by atoms with E-state index in [4.69, 9.17) is 4.74 Å². The molecule has 1 aromatic carbocycles. The number of aryl methyl sites for hydroxylation is 1. The monoisotopic (exact) mass is 286 g/mol. The van der Waals surface area contributed by atoms with Crippen molar-refractivity contribution in [3.63, 3.8) is 0 Å². The van der Waals surface area contributed by atoms with Gasteiger partial charge in [-0.25, -0.2) is 0 Å². The highest BCUT2D eigenvalue weighted by atomic mass is 16.5. The molecule has 1 fully saturated rings. The molecular weight excluding hydrogens is 268 g/mol. The molecule has 1 N–H and O–H groups in total. The molecule has 0 aliphatic carbocycles. The van der Waals surface area contributed by atoms with E-state index < -0.39 is 0 Å². The summed E-state index contributed by atoms with van der Waals surface area (Å²) in [5, 5.41) is 3.36. The van der Waals surface area contributed by atoms with Gasteiger partial charge in [-0.05, 0) is 25.0 Å². The number of carbonyl (C=O) groups excluding carboxylic acids is 1. The summed E-state index contributed by atoms with van der Waals surface area (Å²) in [4.78, 5) is 24.7. The minimum Gasteiger partial charge on any atom is -0.376 e. The van der Waals surface area contributed by atoms with Crippen molar-refractivity contribution in [3.8, 4) is 0 Å². The van der Waals surface area contributed by atoms with Gasteiger partial charge in [0.1, 0.15) is 5.56 Å². The molecule has 5 heteroatoms. The molecule has 1 atom stereocenters. The third kappa shape index (κ3) is 2.69. The second-order valence-electron chi connectivity index (χ2n) is 5.35. The second kappa shape index (κ2) is 5.69. The van der Waals surface area contributed by atoms with E-state index >= 15 is 0 Å². The van der Waals surface area contributed by atoms with E-state index in [1.807, 2.05) is 19.2 Å². The first-order chi connectivity index (χ1) is 10.2. The van der Waals surface area contributed by atoms with Crippen molar-refractivity contribution in [3.05, 3.63) is 46.2 Å². The van der Waals surface area contributed by atoms with E-state index in [0.29, 0.717) is 11.9 Å². The maximum Gasteiger partial charge on any atom is 0.256 e. The molecule has 2 aromatic rings. The van der Waals surface area contributed by atoms with Crippen molar-refractivity contribution < 1.29 is 9.53 Å². The first kappa shape index (κ1) is 13.8. The molecule has 0 bridgehead atoms. The fourth-order valence-electron chi connectivity index (χ4n) is 2.71. The van der Waals surface area contributed by atoms with E-state index in [-0.39, 0.29) is 23.0 Å². The number of aromatic nitrogens is 1. The van der Waals surface area contributed by atoms with Gasteiger partial charge >= 0.3 is 0 Å². The van der Waals surface area contributed by atoms with E-state index in [9.17, 15) is 9.59 Å². The third-order valence-corrected chi connectivity index (χ3v) is 3.85. The van der Waals surface area contributed by atoms with Crippen LogP contribution in [0, 0.1) is 0 Å². The van der Waals surface area contributed by atoms with Gasteiger partial charge in [0.05, 0.1) is 11.6 Å². The van der Waals surface area contributed by atoms with Gasteiger partial charge < -0.3 is 14.6 Å². The summed E-state index contributed by atoms with van der Waals surface area (Å²) in [6, 6.07) is 7.29. The summed E-state index contributed by atoms with van der Waals surface area (Å²) < 4.78 is 7.27. The quantitative estimate of drug-likeness (QED) is 0.929. The van der Waals surface area contributed by atoms with Crippen LogP contribution in [0.3, 0.4) is 0 Å². The van der Waals surface area contributed by atoms with Crippen LogP contribution in [0.4, 0.5) is 0 Å². The summed E-state index contributed by atoms with van der Waals surface area (Å²) in [7, 11) is 1.83. The number of rotatable bonds is 3. The lowest BCUT2D eigenvalue weighted by molar-refractivity contribution is 0.0856. The Morgan fingerprint density at radius 3 is 3.00 bits per heavy atom. The van der Waals surface area contributed by atoms with E-state index in [2.05, 4.69) is 5.32 Å². The normalized spacial score (nSPS) is 18.0. The zero-order valence-electron chi connectivity index (χ0n) is 12.0. The van der Waals surface area contributed by atoms with Crippen molar-refractivity contribution in [1.82, 2.24) is 9.88 Å². The van der Waals surface area contributed by atoms with Gasteiger partial charge in [0, 0.05) is 31.8 Å². The van der Waals surface area contributed by atoms with Crippen LogP contribution in [0.5, 0.6) is 0 Å². The molecule has 110 valence electrons. The van der Waals surface area contributed by atoms with Crippen LogP contribution in [-0.2, 0) is 11.8 Å². The highest BCUT2D eigenvalue weighted by Gasteiger charge is 2.18. The van der Waals surface area contributed by atoms with Gasteiger partial charge in [0.2, 0.25) is 5.43 Å². The van der Waals surface area contributed by atoms with Crippen molar-refractivity contribution in [2.75, 3.05) is 13.2 Å². The summed E-state index contributed by atoms with van der Waals surface area (Å²) in [5.74, 6) is -0.336. The Labute approximate surface area is 122 Å². The molecule has 1 amide bonds. The number of nitrogens with zero attached hydrogens (tertiary/aromatic N) is 1. The van der Waals surface area contributed by atoms with Gasteiger partial charge in [0.15, 0.2) is 0 Å². The molecule has 3 rings (SSSR count). The summed E-state index contributed by atoms with van der Waals surface area (Å²) >= 11 is 0. The number of carbonyl (C=O) groups is 1. The molecule has 5 nitrogen and oxygen atoms in total. The van der Waals surface area contributed by atoms with Gasteiger partial charge in [-0.15, -0.1) is 0 Å². The Balaban J connectivity index is 1.87. The zero-order valence-corrected chi connectivity index (χ0v) is 12.0. The average molecular weight is 286 g/mol. The van der Waals surface area contributed by atoms with Crippen LogP contribution < -0.4 is 10.7 Å². The van der Waals surface area contributed by atoms with Gasteiger partial charge in [-0.1, -0.05) is 12.1 Å². The van der Waals surface area contributed by atoms with Crippen LogP contribution in [0.1, 0.15) is 23.2 Å². The molecule has 1 aliphatic heterocycles. The standard InChI is InChI=1S/C16H18N2O3/c1-18-10-13(15(19)12-6-2-3-7-14(12)18)16(20)17-9-11-5-4-8-21-11/h2-3,6-7,10-11H,4-5,8-9H2,1H3,(H,17,20)/t11-/m1/s1. The predicted octanol–water partition coefficient (Wildman–Crippen LogP) is 1.45. The Morgan fingerprint density at radius 1 is 1.43 bits per heavy atom. The molecule has 0 radical (unpaired) electrons. The zero-order chi connectivity index (χ0) is 14.8. The summed E-state index contributed by atoms with van der Waals surface area (Å²) in [5.41, 5.74) is 0.765. The Morgan fingerprint density at radius 2 is 2.24 bits per heavy atom. The van der Waals surface area contributed by atoms with Gasteiger partial charge in [0.25, 0.3) is 5.91 Å². The highest BCUT2D eigenvalue weighted by molar-refractivity contribution is 5.97. The molecule has 0 spiro atoms. The van der Waals surface area contributed by atoms with Crippen LogP contribution in [0.15, 0.2) is 35.3 Å². The smallest absolute Gasteiger partial charge is 0.256 e. The van der Waals surface area contributed by atoms with Crippen LogP contribution in [0.25, 0.3) is 10.9 Å². The van der Waals surface area contributed by atoms with Crippen LogP contribution in [-0.4, -0.2) is 29.7 Å². The van der Waals surface area contributed by atoms with Crippen molar-refractivity contribution in [2.24, 2.45) is 7.05 Å². The highest BCUT2D eigenvalue weighted by Crippen LogP contribution is 2.12. The summed E-state index contributed by atoms with van der Waals surface area (Å²) in [6.45, 7) is 1.20. The van der Waals surface area contributed by atoms with Crippen LogP contribution in [0.2, 0.25) is 0 Å². The van der Waals surface area contributed by atoms with E-state index in [1.165, 1.54) is 0 Å². The third-order valence-electron chi connectivity index (χ3n) is 3.85. The maximum absolute atomic E-state index is 12.4. The fraction of sp³-hybridized carbons (Fsp3) is 0.375. The molecular formula is C16H18N2O3. The fourth-order valence-corrected chi connectivity index (χ4v) is 2.71. The Hall–Kier alpha value is -2.14. The lowest BCUT2D eigenvalue weighted by Crippen LogP contribution is -2.35. The molecule has 1 aliphatic rings. The molecule has 0 saturated carbocycles.